The van der Waals surface area contributed by atoms with Crippen molar-refractivity contribution in [1.82, 2.24) is 9.78 Å². The van der Waals surface area contributed by atoms with Gasteiger partial charge in [-0.1, -0.05) is 12.1 Å². The molecule has 0 amide bonds. The van der Waals surface area contributed by atoms with E-state index >= 15 is 0 Å². The first-order valence-electron chi connectivity index (χ1n) is 6.72. The number of hydrogen-bond donors (Lipinski definition) is 1. The maximum atomic E-state index is 13.8. The van der Waals surface area contributed by atoms with E-state index in [1.54, 1.807) is 0 Å². The summed E-state index contributed by atoms with van der Waals surface area (Å²) in [6, 6.07) is 7.52. The summed E-state index contributed by atoms with van der Waals surface area (Å²) in [4.78, 5) is 11.3. The summed E-state index contributed by atoms with van der Waals surface area (Å²) in [5, 5.41) is 13.5. The molecule has 118 valence electrons. The van der Waals surface area contributed by atoms with Gasteiger partial charge in [-0.05, 0) is 23.8 Å². The van der Waals surface area contributed by atoms with E-state index in [0.29, 0.717) is 16.5 Å². The van der Waals surface area contributed by atoms with Crippen molar-refractivity contribution in [3.8, 4) is 0 Å². The van der Waals surface area contributed by atoms with Crippen LogP contribution in [0.15, 0.2) is 36.4 Å². The topological polar surface area (TPSA) is 55.1 Å². The fourth-order valence-electron chi connectivity index (χ4n) is 2.39. The van der Waals surface area contributed by atoms with Crippen molar-refractivity contribution in [1.29, 1.82) is 0 Å². The summed E-state index contributed by atoms with van der Waals surface area (Å²) >= 11 is 0. The molecule has 2 aromatic carbocycles. The minimum absolute atomic E-state index is 0.0916. The van der Waals surface area contributed by atoms with Crippen LogP contribution in [-0.4, -0.2) is 20.9 Å². The Balaban J connectivity index is 2.14. The van der Waals surface area contributed by atoms with Crippen LogP contribution in [0.25, 0.3) is 10.9 Å². The van der Waals surface area contributed by atoms with E-state index in [9.17, 15) is 23.1 Å². The average Bonchev–Trinajstić information content (AvgIpc) is 2.88. The Morgan fingerprint density at radius 3 is 2.61 bits per heavy atom. The molecule has 7 heteroatoms. The average molecular weight is 320 g/mol. The highest BCUT2D eigenvalue weighted by Gasteiger charge is 2.17. The standard InChI is InChI=1S/C16H11F3N2O2/c17-7-9-1-4-12-14(5-9)21(20-15(12)16(22)23)8-10-2-3-11(18)6-13(10)19/h1-6H,7-8H2,(H,22,23). The molecule has 0 spiro atoms. The Labute approximate surface area is 128 Å². The van der Waals surface area contributed by atoms with Gasteiger partial charge in [-0.2, -0.15) is 5.10 Å². The van der Waals surface area contributed by atoms with Crippen LogP contribution in [0.2, 0.25) is 0 Å². The minimum atomic E-state index is -1.23. The summed E-state index contributed by atoms with van der Waals surface area (Å²) in [5.74, 6) is -2.70. The highest BCUT2D eigenvalue weighted by Crippen LogP contribution is 2.23. The molecule has 0 atom stereocenters. The summed E-state index contributed by atoms with van der Waals surface area (Å²) in [6.07, 6.45) is 0. The van der Waals surface area contributed by atoms with Gasteiger partial charge in [0.25, 0.3) is 0 Å². The van der Waals surface area contributed by atoms with Gasteiger partial charge in [0.1, 0.15) is 18.3 Å². The zero-order valence-corrected chi connectivity index (χ0v) is 11.8. The second kappa shape index (κ2) is 5.75. The zero-order valence-electron chi connectivity index (χ0n) is 11.8. The predicted molar refractivity (Wildman–Crippen MR) is 77.0 cm³/mol. The maximum Gasteiger partial charge on any atom is 0.357 e. The van der Waals surface area contributed by atoms with E-state index < -0.39 is 24.3 Å². The molecule has 0 radical (unpaired) electrons. The van der Waals surface area contributed by atoms with Crippen LogP contribution in [0.5, 0.6) is 0 Å². The molecule has 0 unspecified atom stereocenters. The van der Waals surface area contributed by atoms with Gasteiger partial charge >= 0.3 is 5.97 Å². The Hall–Kier alpha value is -2.83. The van der Waals surface area contributed by atoms with Gasteiger partial charge in [-0.25, -0.2) is 18.0 Å². The third-order valence-corrected chi connectivity index (χ3v) is 3.51. The van der Waals surface area contributed by atoms with E-state index in [-0.39, 0.29) is 17.8 Å². The number of carboxylic acids is 1. The van der Waals surface area contributed by atoms with Gasteiger partial charge in [0.2, 0.25) is 0 Å². The first kappa shape index (κ1) is 15.1. The highest BCUT2D eigenvalue weighted by atomic mass is 19.1. The van der Waals surface area contributed by atoms with Gasteiger partial charge < -0.3 is 5.11 Å². The fraction of sp³-hybridized carbons (Fsp3) is 0.125. The first-order valence-corrected chi connectivity index (χ1v) is 6.72. The van der Waals surface area contributed by atoms with E-state index in [1.807, 2.05) is 0 Å². The van der Waals surface area contributed by atoms with E-state index in [0.717, 1.165) is 12.1 Å². The van der Waals surface area contributed by atoms with Crippen LogP contribution in [-0.2, 0) is 13.2 Å². The number of aromatic carboxylic acids is 1. The number of nitrogens with zero attached hydrogens (tertiary/aromatic N) is 2. The van der Waals surface area contributed by atoms with Crippen LogP contribution in [0, 0.1) is 11.6 Å². The van der Waals surface area contributed by atoms with Crippen molar-refractivity contribution in [2.24, 2.45) is 0 Å². The molecule has 0 aliphatic heterocycles. The van der Waals surface area contributed by atoms with Gasteiger partial charge in [0, 0.05) is 17.0 Å². The molecule has 0 saturated carbocycles. The molecule has 0 fully saturated rings. The lowest BCUT2D eigenvalue weighted by molar-refractivity contribution is 0.0691. The normalized spacial score (nSPS) is 11.1. The Morgan fingerprint density at radius 2 is 1.96 bits per heavy atom. The number of carboxylic acid groups (broad SMARTS) is 1. The second-order valence-electron chi connectivity index (χ2n) is 5.03. The smallest absolute Gasteiger partial charge is 0.357 e. The van der Waals surface area contributed by atoms with Gasteiger partial charge in [0.05, 0.1) is 12.1 Å². The Bertz CT molecular complexity index is 906. The molecule has 0 aliphatic carbocycles. The van der Waals surface area contributed by atoms with Crippen LogP contribution in [0.1, 0.15) is 21.6 Å². The Morgan fingerprint density at radius 1 is 1.17 bits per heavy atom. The van der Waals surface area contributed by atoms with E-state index in [4.69, 9.17) is 0 Å². The molecule has 3 rings (SSSR count). The quantitative estimate of drug-likeness (QED) is 0.800. The Kier molecular flexibility index (Phi) is 3.77. The third-order valence-electron chi connectivity index (χ3n) is 3.51. The second-order valence-corrected chi connectivity index (χ2v) is 5.03. The summed E-state index contributed by atoms with van der Waals surface area (Å²) in [5.41, 5.74) is 0.683. The van der Waals surface area contributed by atoms with Crippen molar-refractivity contribution in [3.63, 3.8) is 0 Å². The molecular formula is C16H11F3N2O2. The maximum absolute atomic E-state index is 13.8. The lowest BCUT2D eigenvalue weighted by atomic mass is 10.1. The summed E-state index contributed by atoms with van der Waals surface area (Å²) in [6.45, 7) is -0.805. The van der Waals surface area contributed by atoms with Crippen LogP contribution < -0.4 is 0 Å². The third kappa shape index (κ3) is 2.77. The molecule has 0 saturated heterocycles. The number of alkyl halides is 1. The van der Waals surface area contributed by atoms with Gasteiger partial charge in [0.15, 0.2) is 5.69 Å². The van der Waals surface area contributed by atoms with Crippen LogP contribution >= 0.6 is 0 Å². The molecule has 3 aromatic rings. The number of benzene rings is 2. The zero-order chi connectivity index (χ0) is 16.6. The van der Waals surface area contributed by atoms with Crippen molar-refractivity contribution in [2.45, 2.75) is 13.2 Å². The SMILES string of the molecule is O=C(O)c1nn(Cc2ccc(F)cc2F)c2cc(CF)ccc12. The van der Waals surface area contributed by atoms with E-state index in [1.165, 1.54) is 28.9 Å². The highest BCUT2D eigenvalue weighted by molar-refractivity contribution is 6.01. The van der Waals surface area contributed by atoms with Crippen LogP contribution in [0.3, 0.4) is 0 Å². The lowest BCUT2D eigenvalue weighted by Gasteiger charge is -2.06. The molecule has 4 nitrogen and oxygen atoms in total. The number of fused-ring (bicyclic) bond motifs is 1. The van der Waals surface area contributed by atoms with Crippen molar-refractivity contribution >= 4 is 16.9 Å². The van der Waals surface area contributed by atoms with Gasteiger partial charge in [-0.15, -0.1) is 0 Å². The number of aromatic nitrogens is 2. The largest absolute Gasteiger partial charge is 0.476 e. The number of rotatable bonds is 4. The van der Waals surface area contributed by atoms with Gasteiger partial charge in [-0.3, -0.25) is 4.68 Å². The van der Waals surface area contributed by atoms with Crippen molar-refractivity contribution < 1.29 is 23.1 Å². The lowest BCUT2D eigenvalue weighted by Crippen LogP contribution is -2.06. The number of carbonyl (C=O) groups is 1. The van der Waals surface area contributed by atoms with Crippen molar-refractivity contribution in [3.05, 3.63) is 64.9 Å². The molecular weight excluding hydrogens is 309 g/mol. The molecule has 0 bridgehead atoms. The predicted octanol–water partition coefficient (Wildman–Crippen LogP) is 3.53. The minimum Gasteiger partial charge on any atom is -0.476 e. The molecule has 1 heterocycles. The number of halogens is 3. The van der Waals surface area contributed by atoms with E-state index in [2.05, 4.69) is 5.10 Å². The molecule has 0 aliphatic rings. The summed E-state index contributed by atoms with van der Waals surface area (Å²) < 4.78 is 40.9. The monoisotopic (exact) mass is 320 g/mol. The molecule has 1 aromatic heterocycles. The molecule has 23 heavy (non-hydrogen) atoms. The first-order chi connectivity index (χ1) is 11.0. The fourth-order valence-corrected chi connectivity index (χ4v) is 2.39. The van der Waals surface area contributed by atoms with Crippen molar-refractivity contribution in [2.75, 3.05) is 0 Å². The number of hydrogen-bond acceptors (Lipinski definition) is 2. The molecule has 1 N–H and O–H groups in total. The van der Waals surface area contributed by atoms with Crippen LogP contribution in [0.4, 0.5) is 13.2 Å². The summed E-state index contributed by atoms with van der Waals surface area (Å²) in [7, 11) is 0.